The first kappa shape index (κ1) is 18.1. The number of fused-ring (bicyclic) bond motifs is 1. The molecule has 1 aliphatic heterocycles. The second-order valence-electron chi connectivity index (χ2n) is 8.18. The standard InChI is InChI=1S/C22H25ClN4/c1-22(2,3)15-9-10-18-19(13-15)25-21(24-17-8-6-7-16(23)14-17)26-20(18)27-11-4-5-12-27/h6-10,13-14H,4-5,11-12H2,1-3H3,(H,24,25,26). The summed E-state index contributed by atoms with van der Waals surface area (Å²) in [7, 11) is 0. The van der Waals surface area contributed by atoms with Crippen molar-refractivity contribution in [1.82, 2.24) is 9.97 Å². The molecule has 1 saturated heterocycles. The predicted molar refractivity (Wildman–Crippen MR) is 114 cm³/mol. The van der Waals surface area contributed by atoms with E-state index in [1.54, 1.807) is 0 Å². The Morgan fingerprint density at radius 3 is 2.48 bits per heavy atom. The van der Waals surface area contributed by atoms with Gasteiger partial charge in [0, 0.05) is 29.2 Å². The molecule has 140 valence electrons. The summed E-state index contributed by atoms with van der Waals surface area (Å²) >= 11 is 6.12. The number of halogens is 1. The van der Waals surface area contributed by atoms with Crippen LogP contribution in [0.3, 0.4) is 0 Å². The van der Waals surface area contributed by atoms with Crippen molar-refractivity contribution in [1.29, 1.82) is 0 Å². The molecule has 1 aromatic heterocycles. The van der Waals surface area contributed by atoms with Crippen LogP contribution in [0.25, 0.3) is 10.9 Å². The lowest BCUT2D eigenvalue weighted by molar-refractivity contribution is 0.591. The van der Waals surface area contributed by atoms with Crippen molar-refractivity contribution in [3.05, 3.63) is 53.1 Å². The van der Waals surface area contributed by atoms with Crippen LogP contribution in [0.15, 0.2) is 42.5 Å². The fraction of sp³-hybridized carbons (Fsp3) is 0.364. The molecule has 1 aliphatic rings. The van der Waals surface area contributed by atoms with E-state index in [4.69, 9.17) is 21.6 Å². The smallest absolute Gasteiger partial charge is 0.229 e. The Bertz CT molecular complexity index is 972. The van der Waals surface area contributed by atoms with Gasteiger partial charge in [-0.05, 0) is 54.2 Å². The lowest BCUT2D eigenvalue weighted by atomic mass is 9.86. The topological polar surface area (TPSA) is 41.1 Å². The maximum Gasteiger partial charge on any atom is 0.229 e. The third kappa shape index (κ3) is 3.86. The third-order valence-corrected chi connectivity index (χ3v) is 5.26. The van der Waals surface area contributed by atoms with E-state index in [-0.39, 0.29) is 5.41 Å². The fourth-order valence-electron chi connectivity index (χ4n) is 3.50. The maximum absolute atomic E-state index is 6.12. The van der Waals surface area contributed by atoms with E-state index in [9.17, 15) is 0 Å². The van der Waals surface area contributed by atoms with Crippen molar-refractivity contribution in [3.63, 3.8) is 0 Å². The molecule has 4 rings (SSSR count). The molecule has 0 unspecified atom stereocenters. The lowest BCUT2D eigenvalue weighted by Crippen LogP contribution is -2.20. The number of anilines is 3. The number of nitrogens with one attached hydrogen (secondary N) is 1. The monoisotopic (exact) mass is 380 g/mol. The number of hydrogen-bond donors (Lipinski definition) is 1. The van der Waals surface area contributed by atoms with Crippen LogP contribution in [0.5, 0.6) is 0 Å². The molecule has 4 nitrogen and oxygen atoms in total. The van der Waals surface area contributed by atoms with Crippen LogP contribution in [0.2, 0.25) is 5.02 Å². The molecular weight excluding hydrogens is 356 g/mol. The molecule has 27 heavy (non-hydrogen) atoms. The van der Waals surface area contributed by atoms with Gasteiger partial charge in [-0.1, -0.05) is 44.5 Å². The first-order valence-corrected chi connectivity index (χ1v) is 9.88. The molecule has 0 aliphatic carbocycles. The minimum atomic E-state index is 0.0769. The zero-order valence-electron chi connectivity index (χ0n) is 16.1. The van der Waals surface area contributed by atoms with Crippen molar-refractivity contribution >= 4 is 40.0 Å². The van der Waals surface area contributed by atoms with E-state index >= 15 is 0 Å². The predicted octanol–water partition coefficient (Wildman–Crippen LogP) is 5.92. The van der Waals surface area contributed by atoms with Crippen molar-refractivity contribution < 1.29 is 0 Å². The lowest BCUT2D eigenvalue weighted by Gasteiger charge is -2.22. The average molecular weight is 381 g/mol. The normalized spacial score (nSPS) is 14.7. The minimum absolute atomic E-state index is 0.0769. The summed E-state index contributed by atoms with van der Waals surface area (Å²) in [6, 6.07) is 14.2. The van der Waals surface area contributed by atoms with Gasteiger partial charge in [-0.2, -0.15) is 4.98 Å². The molecule has 0 spiro atoms. The Labute approximate surface area is 165 Å². The van der Waals surface area contributed by atoms with Gasteiger partial charge in [0.2, 0.25) is 5.95 Å². The summed E-state index contributed by atoms with van der Waals surface area (Å²) < 4.78 is 0. The largest absolute Gasteiger partial charge is 0.356 e. The Morgan fingerprint density at radius 2 is 1.78 bits per heavy atom. The molecule has 0 bridgehead atoms. The second kappa shape index (κ2) is 7.01. The molecule has 0 saturated carbocycles. The highest BCUT2D eigenvalue weighted by Crippen LogP contribution is 2.32. The SMILES string of the molecule is CC(C)(C)c1ccc2c(N3CCCC3)nc(Nc3cccc(Cl)c3)nc2c1. The van der Waals surface area contributed by atoms with Gasteiger partial charge >= 0.3 is 0 Å². The van der Waals surface area contributed by atoms with Gasteiger partial charge in [0.25, 0.3) is 0 Å². The van der Waals surface area contributed by atoms with Gasteiger partial charge in [-0.25, -0.2) is 4.98 Å². The Morgan fingerprint density at radius 1 is 1.00 bits per heavy atom. The third-order valence-electron chi connectivity index (χ3n) is 5.03. The van der Waals surface area contributed by atoms with E-state index in [1.165, 1.54) is 18.4 Å². The number of benzene rings is 2. The fourth-order valence-corrected chi connectivity index (χ4v) is 3.69. The molecule has 0 atom stereocenters. The highest BCUT2D eigenvalue weighted by molar-refractivity contribution is 6.30. The van der Waals surface area contributed by atoms with Crippen molar-refractivity contribution in [2.45, 2.75) is 39.0 Å². The van der Waals surface area contributed by atoms with Crippen LogP contribution in [0.1, 0.15) is 39.2 Å². The van der Waals surface area contributed by atoms with Crippen LogP contribution in [-0.2, 0) is 5.41 Å². The van der Waals surface area contributed by atoms with Crippen molar-refractivity contribution in [3.8, 4) is 0 Å². The number of hydrogen-bond acceptors (Lipinski definition) is 4. The summed E-state index contributed by atoms with van der Waals surface area (Å²) in [5.74, 6) is 1.63. The van der Waals surface area contributed by atoms with Crippen LogP contribution < -0.4 is 10.2 Å². The van der Waals surface area contributed by atoms with Crippen LogP contribution in [-0.4, -0.2) is 23.1 Å². The quantitative estimate of drug-likeness (QED) is 0.611. The molecule has 0 radical (unpaired) electrons. The van der Waals surface area contributed by atoms with Gasteiger partial charge in [-0.3, -0.25) is 0 Å². The van der Waals surface area contributed by atoms with Crippen LogP contribution in [0.4, 0.5) is 17.5 Å². The molecule has 2 heterocycles. The summed E-state index contributed by atoms with van der Waals surface area (Å²) in [5, 5.41) is 5.13. The van der Waals surface area contributed by atoms with Crippen molar-refractivity contribution in [2.75, 3.05) is 23.3 Å². The molecule has 1 fully saturated rings. The van der Waals surface area contributed by atoms with E-state index in [1.807, 2.05) is 24.3 Å². The number of rotatable bonds is 3. The Hall–Kier alpha value is -2.33. The van der Waals surface area contributed by atoms with E-state index in [0.29, 0.717) is 11.0 Å². The molecule has 1 N–H and O–H groups in total. The highest BCUT2D eigenvalue weighted by Gasteiger charge is 2.20. The average Bonchev–Trinajstić information content (AvgIpc) is 3.14. The summed E-state index contributed by atoms with van der Waals surface area (Å²) in [5.41, 5.74) is 3.22. The zero-order chi connectivity index (χ0) is 19.0. The number of aromatic nitrogens is 2. The van der Waals surface area contributed by atoms with Gasteiger partial charge in [0.1, 0.15) is 5.82 Å². The second-order valence-corrected chi connectivity index (χ2v) is 8.62. The molecular formula is C22H25ClN4. The van der Waals surface area contributed by atoms with E-state index in [0.717, 1.165) is 35.5 Å². The van der Waals surface area contributed by atoms with E-state index < -0.39 is 0 Å². The Kier molecular flexibility index (Phi) is 4.68. The summed E-state index contributed by atoms with van der Waals surface area (Å²) in [6.45, 7) is 8.76. The highest BCUT2D eigenvalue weighted by atomic mass is 35.5. The van der Waals surface area contributed by atoms with Gasteiger partial charge in [0.15, 0.2) is 0 Å². The van der Waals surface area contributed by atoms with E-state index in [2.05, 4.69) is 49.2 Å². The van der Waals surface area contributed by atoms with Gasteiger partial charge in [0.05, 0.1) is 5.52 Å². The zero-order valence-corrected chi connectivity index (χ0v) is 16.8. The minimum Gasteiger partial charge on any atom is -0.356 e. The van der Waals surface area contributed by atoms with Gasteiger partial charge < -0.3 is 10.2 Å². The molecule has 2 aromatic carbocycles. The van der Waals surface area contributed by atoms with Crippen molar-refractivity contribution in [2.24, 2.45) is 0 Å². The van der Waals surface area contributed by atoms with Gasteiger partial charge in [-0.15, -0.1) is 0 Å². The first-order valence-electron chi connectivity index (χ1n) is 9.50. The van der Waals surface area contributed by atoms with Crippen LogP contribution in [0, 0.1) is 0 Å². The molecule has 3 aromatic rings. The summed E-state index contributed by atoms with van der Waals surface area (Å²) in [4.78, 5) is 12.0. The number of nitrogens with zero attached hydrogens (tertiary/aromatic N) is 3. The Balaban J connectivity index is 1.82. The first-order chi connectivity index (χ1) is 12.9. The maximum atomic E-state index is 6.12. The molecule has 5 heteroatoms. The molecule has 0 amide bonds. The van der Waals surface area contributed by atoms with Crippen LogP contribution >= 0.6 is 11.6 Å². The summed E-state index contributed by atoms with van der Waals surface area (Å²) in [6.07, 6.45) is 2.42.